The minimum absolute atomic E-state index is 0.245. The van der Waals surface area contributed by atoms with Gasteiger partial charge in [0.15, 0.2) is 5.13 Å². The summed E-state index contributed by atoms with van der Waals surface area (Å²) in [6.07, 6.45) is 0.528. The first-order chi connectivity index (χ1) is 8.74. The standard InChI is InChI=1S/C12H16N4OS/c1-2-16(8-7-11(13)15-17)12-14-9-5-3-4-6-10(9)18-12/h3-6,17H,2,7-8H2,1H3,(H2,13,15). The van der Waals surface area contributed by atoms with Crippen LogP contribution in [0.4, 0.5) is 5.13 Å². The van der Waals surface area contributed by atoms with E-state index in [9.17, 15) is 0 Å². The molecule has 0 spiro atoms. The molecular weight excluding hydrogens is 248 g/mol. The number of benzene rings is 1. The second kappa shape index (κ2) is 5.68. The Morgan fingerprint density at radius 3 is 2.94 bits per heavy atom. The Kier molecular flexibility index (Phi) is 3.99. The molecule has 0 bridgehead atoms. The zero-order valence-electron chi connectivity index (χ0n) is 10.2. The lowest BCUT2D eigenvalue weighted by Gasteiger charge is -2.18. The number of thiazole rings is 1. The quantitative estimate of drug-likeness (QED) is 0.376. The molecule has 0 amide bonds. The van der Waals surface area contributed by atoms with E-state index in [0.29, 0.717) is 13.0 Å². The van der Waals surface area contributed by atoms with Gasteiger partial charge in [-0.15, -0.1) is 0 Å². The number of nitrogens with two attached hydrogens (primary N) is 1. The molecule has 0 aliphatic heterocycles. The lowest BCUT2D eigenvalue weighted by atomic mass is 10.3. The molecule has 0 saturated heterocycles. The summed E-state index contributed by atoms with van der Waals surface area (Å²) in [7, 11) is 0. The summed E-state index contributed by atoms with van der Waals surface area (Å²) in [5.74, 6) is 0.245. The smallest absolute Gasteiger partial charge is 0.186 e. The first-order valence-electron chi connectivity index (χ1n) is 5.81. The van der Waals surface area contributed by atoms with Gasteiger partial charge in [0, 0.05) is 19.5 Å². The molecule has 3 N–H and O–H groups in total. The number of aromatic nitrogens is 1. The van der Waals surface area contributed by atoms with Crippen LogP contribution < -0.4 is 10.6 Å². The number of rotatable bonds is 5. The van der Waals surface area contributed by atoms with Crippen LogP contribution in [0.25, 0.3) is 10.2 Å². The van der Waals surface area contributed by atoms with Crippen molar-refractivity contribution < 1.29 is 5.21 Å². The molecule has 0 saturated carbocycles. The van der Waals surface area contributed by atoms with Gasteiger partial charge in [0.05, 0.1) is 10.2 Å². The molecule has 0 atom stereocenters. The predicted molar refractivity (Wildman–Crippen MR) is 75.5 cm³/mol. The molecule has 6 heteroatoms. The Hall–Kier alpha value is -1.82. The van der Waals surface area contributed by atoms with E-state index in [1.165, 1.54) is 4.70 Å². The van der Waals surface area contributed by atoms with Crippen LogP contribution in [-0.4, -0.2) is 29.1 Å². The summed E-state index contributed by atoms with van der Waals surface area (Å²) in [6.45, 7) is 3.61. The van der Waals surface area contributed by atoms with E-state index >= 15 is 0 Å². The number of hydrogen-bond donors (Lipinski definition) is 2. The van der Waals surface area contributed by atoms with Crippen LogP contribution in [0.3, 0.4) is 0 Å². The normalized spacial score (nSPS) is 11.9. The highest BCUT2D eigenvalue weighted by molar-refractivity contribution is 7.22. The zero-order valence-corrected chi connectivity index (χ0v) is 11.0. The predicted octanol–water partition coefficient (Wildman–Crippen LogP) is 2.26. The average molecular weight is 264 g/mol. The van der Waals surface area contributed by atoms with Crippen molar-refractivity contribution in [3.05, 3.63) is 24.3 Å². The van der Waals surface area contributed by atoms with Crippen molar-refractivity contribution in [2.24, 2.45) is 10.9 Å². The Bertz CT molecular complexity index is 519. The van der Waals surface area contributed by atoms with Gasteiger partial charge < -0.3 is 15.8 Å². The van der Waals surface area contributed by atoms with Gasteiger partial charge in [-0.2, -0.15) is 0 Å². The van der Waals surface area contributed by atoms with Gasteiger partial charge in [0.1, 0.15) is 5.84 Å². The van der Waals surface area contributed by atoms with Gasteiger partial charge in [-0.05, 0) is 19.1 Å². The van der Waals surface area contributed by atoms with Crippen molar-refractivity contribution in [3.63, 3.8) is 0 Å². The van der Waals surface area contributed by atoms with Gasteiger partial charge in [0.25, 0.3) is 0 Å². The van der Waals surface area contributed by atoms with E-state index in [0.717, 1.165) is 17.2 Å². The Morgan fingerprint density at radius 2 is 2.28 bits per heavy atom. The highest BCUT2D eigenvalue weighted by Crippen LogP contribution is 2.28. The van der Waals surface area contributed by atoms with Crippen LogP contribution in [0.1, 0.15) is 13.3 Å². The van der Waals surface area contributed by atoms with Crippen LogP contribution in [0.15, 0.2) is 29.4 Å². The second-order valence-corrected chi connectivity index (χ2v) is 4.89. The van der Waals surface area contributed by atoms with Crippen molar-refractivity contribution in [1.29, 1.82) is 0 Å². The molecule has 1 aromatic heterocycles. The van der Waals surface area contributed by atoms with Gasteiger partial charge in [0.2, 0.25) is 0 Å². The molecule has 0 aliphatic carbocycles. The minimum atomic E-state index is 0.245. The molecule has 2 aromatic rings. The van der Waals surface area contributed by atoms with Crippen LogP contribution in [0.5, 0.6) is 0 Å². The van der Waals surface area contributed by atoms with Crippen LogP contribution in [0, 0.1) is 0 Å². The number of anilines is 1. The van der Waals surface area contributed by atoms with E-state index in [2.05, 4.69) is 28.0 Å². The van der Waals surface area contributed by atoms with Gasteiger partial charge in [-0.3, -0.25) is 0 Å². The maximum atomic E-state index is 8.54. The molecule has 0 fully saturated rings. The largest absolute Gasteiger partial charge is 0.409 e. The van der Waals surface area contributed by atoms with E-state index < -0.39 is 0 Å². The van der Waals surface area contributed by atoms with Gasteiger partial charge >= 0.3 is 0 Å². The number of fused-ring (bicyclic) bond motifs is 1. The molecule has 5 nitrogen and oxygen atoms in total. The maximum absolute atomic E-state index is 8.54. The van der Waals surface area contributed by atoms with Crippen molar-refractivity contribution in [2.75, 3.05) is 18.0 Å². The van der Waals surface area contributed by atoms with Crippen molar-refractivity contribution >= 4 is 32.5 Å². The second-order valence-electron chi connectivity index (χ2n) is 3.89. The first-order valence-corrected chi connectivity index (χ1v) is 6.63. The summed E-state index contributed by atoms with van der Waals surface area (Å²) in [5, 5.41) is 12.5. The molecule has 96 valence electrons. The van der Waals surface area contributed by atoms with Crippen LogP contribution >= 0.6 is 11.3 Å². The third-order valence-corrected chi connectivity index (χ3v) is 3.80. The molecule has 0 unspecified atom stereocenters. The molecular formula is C12H16N4OS. The van der Waals surface area contributed by atoms with E-state index in [-0.39, 0.29) is 5.84 Å². The minimum Gasteiger partial charge on any atom is -0.409 e. The van der Waals surface area contributed by atoms with Gasteiger partial charge in [-0.25, -0.2) is 4.98 Å². The number of oxime groups is 1. The van der Waals surface area contributed by atoms with Crippen molar-refractivity contribution in [2.45, 2.75) is 13.3 Å². The molecule has 1 aromatic carbocycles. The summed E-state index contributed by atoms with van der Waals surface area (Å²) in [6, 6.07) is 8.07. The summed E-state index contributed by atoms with van der Waals surface area (Å²) in [4.78, 5) is 6.72. The lowest BCUT2D eigenvalue weighted by molar-refractivity contribution is 0.317. The number of hydrogen-bond acceptors (Lipinski definition) is 5. The van der Waals surface area contributed by atoms with E-state index in [1.807, 2.05) is 18.2 Å². The third-order valence-electron chi connectivity index (χ3n) is 2.70. The van der Waals surface area contributed by atoms with Gasteiger partial charge in [-0.1, -0.05) is 28.6 Å². The fourth-order valence-electron chi connectivity index (χ4n) is 1.68. The zero-order chi connectivity index (χ0) is 13.0. The van der Waals surface area contributed by atoms with Crippen LogP contribution in [0.2, 0.25) is 0 Å². The van der Waals surface area contributed by atoms with Crippen molar-refractivity contribution in [1.82, 2.24) is 4.98 Å². The lowest BCUT2D eigenvalue weighted by Crippen LogP contribution is -2.27. The fourth-order valence-corrected chi connectivity index (χ4v) is 2.74. The molecule has 18 heavy (non-hydrogen) atoms. The number of para-hydroxylation sites is 1. The average Bonchev–Trinajstić information content (AvgIpc) is 2.82. The monoisotopic (exact) mass is 264 g/mol. The SMILES string of the molecule is CCN(CC/C(N)=N/O)c1nc2ccccc2s1. The Labute approximate surface area is 110 Å². The number of nitrogens with zero attached hydrogens (tertiary/aromatic N) is 3. The van der Waals surface area contributed by atoms with E-state index in [4.69, 9.17) is 10.9 Å². The topological polar surface area (TPSA) is 74.7 Å². The van der Waals surface area contributed by atoms with Crippen LogP contribution in [-0.2, 0) is 0 Å². The summed E-state index contributed by atoms with van der Waals surface area (Å²) >= 11 is 1.66. The fraction of sp³-hybridized carbons (Fsp3) is 0.333. The summed E-state index contributed by atoms with van der Waals surface area (Å²) in [5.41, 5.74) is 6.50. The van der Waals surface area contributed by atoms with Crippen molar-refractivity contribution in [3.8, 4) is 0 Å². The molecule has 0 aliphatic rings. The first kappa shape index (κ1) is 12.6. The summed E-state index contributed by atoms with van der Waals surface area (Å²) < 4.78 is 1.18. The number of amidine groups is 1. The molecule has 2 rings (SSSR count). The third kappa shape index (κ3) is 2.70. The molecule has 1 heterocycles. The Balaban J connectivity index is 2.16. The highest BCUT2D eigenvalue weighted by Gasteiger charge is 2.10. The maximum Gasteiger partial charge on any atom is 0.186 e. The highest BCUT2D eigenvalue weighted by atomic mass is 32.1. The Morgan fingerprint density at radius 1 is 1.50 bits per heavy atom. The van der Waals surface area contributed by atoms with E-state index in [1.54, 1.807) is 11.3 Å². The molecule has 0 radical (unpaired) electrons.